The van der Waals surface area contributed by atoms with Gasteiger partial charge in [0.2, 0.25) is 0 Å². The number of hydrogen-bond acceptors (Lipinski definition) is 3. The van der Waals surface area contributed by atoms with Crippen LogP contribution in [0, 0.1) is 0 Å². The third kappa shape index (κ3) is 3.60. The van der Waals surface area contributed by atoms with Crippen molar-refractivity contribution in [1.29, 1.82) is 0 Å². The van der Waals surface area contributed by atoms with Gasteiger partial charge in [0.15, 0.2) is 0 Å². The van der Waals surface area contributed by atoms with Gasteiger partial charge in [0.05, 0.1) is 25.3 Å². The number of nitrogens with one attached hydrogen (secondary N) is 1. The molecular formula is C19H19NO3. The largest absolute Gasteiger partial charge is 0.461 e. The van der Waals surface area contributed by atoms with Crippen LogP contribution in [-0.4, -0.2) is 17.6 Å². The predicted octanol–water partition coefficient (Wildman–Crippen LogP) is 4.06. The Hall–Kier alpha value is -2.59. The van der Waals surface area contributed by atoms with E-state index in [1.54, 1.807) is 6.92 Å². The second kappa shape index (κ2) is 7.11. The van der Waals surface area contributed by atoms with E-state index in [4.69, 9.17) is 9.47 Å². The first-order valence-corrected chi connectivity index (χ1v) is 7.67. The predicted molar refractivity (Wildman–Crippen MR) is 89.2 cm³/mol. The molecular weight excluding hydrogens is 290 g/mol. The molecule has 0 aliphatic rings. The molecule has 4 nitrogen and oxygen atoms in total. The lowest BCUT2D eigenvalue weighted by molar-refractivity contribution is 0.0520. The second-order valence-corrected chi connectivity index (χ2v) is 5.26. The normalized spacial score (nSPS) is 10.8. The summed E-state index contributed by atoms with van der Waals surface area (Å²) < 4.78 is 10.8. The molecule has 0 saturated heterocycles. The average molecular weight is 309 g/mol. The third-order valence-corrected chi connectivity index (χ3v) is 3.61. The first-order valence-electron chi connectivity index (χ1n) is 7.67. The van der Waals surface area contributed by atoms with Crippen LogP contribution in [0.15, 0.2) is 54.6 Å². The van der Waals surface area contributed by atoms with E-state index >= 15 is 0 Å². The number of rotatable bonds is 6. The minimum Gasteiger partial charge on any atom is -0.461 e. The maximum atomic E-state index is 11.8. The van der Waals surface area contributed by atoms with E-state index in [2.05, 4.69) is 4.98 Å². The van der Waals surface area contributed by atoms with Gasteiger partial charge < -0.3 is 14.5 Å². The summed E-state index contributed by atoms with van der Waals surface area (Å²) in [6.45, 7) is 3.20. The maximum Gasteiger partial charge on any atom is 0.354 e. The minimum atomic E-state index is -0.333. The molecule has 23 heavy (non-hydrogen) atoms. The molecule has 0 unspecified atom stereocenters. The van der Waals surface area contributed by atoms with Crippen LogP contribution in [0.4, 0.5) is 0 Å². The Morgan fingerprint density at radius 1 is 1.04 bits per heavy atom. The molecule has 3 aromatic rings. The van der Waals surface area contributed by atoms with Gasteiger partial charge in [0.25, 0.3) is 0 Å². The van der Waals surface area contributed by atoms with E-state index in [1.165, 1.54) is 0 Å². The van der Waals surface area contributed by atoms with Gasteiger partial charge in [-0.3, -0.25) is 0 Å². The fourth-order valence-corrected chi connectivity index (χ4v) is 2.51. The summed E-state index contributed by atoms with van der Waals surface area (Å²) in [7, 11) is 0. The minimum absolute atomic E-state index is 0.333. The molecule has 1 heterocycles. The van der Waals surface area contributed by atoms with Gasteiger partial charge in [-0.25, -0.2) is 4.79 Å². The molecule has 4 heteroatoms. The lowest BCUT2D eigenvalue weighted by Crippen LogP contribution is -2.04. The Labute approximate surface area is 135 Å². The molecule has 0 amide bonds. The van der Waals surface area contributed by atoms with Crippen molar-refractivity contribution < 1.29 is 14.3 Å². The Morgan fingerprint density at radius 2 is 1.87 bits per heavy atom. The van der Waals surface area contributed by atoms with Crippen LogP contribution < -0.4 is 0 Å². The third-order valence-electron chi connectivity index (χ3n) is 3.61. The Morgan fingerprint density at radius 3 is 2.65 bits per heavy atom. The second-order valence-electron chi connectivity index (χ2n) is 5.26. The summed E-state index contributed by atoms with van der Waals surface area (Å²) in [6.07, 6.45) is 0. The lowest BCUT2D eigenvalue weighted by Gasteiger charge is -2.06. The Balaban J connectivity index is 1.74. The van der Waals surface area contributed by atoms with Crippen LogP contribution in [0.1, 0.15) is 28.5 Å². The highest BCUT2D eigenvalue weighted by Crippen LogP contribution is 2.21. The number of H-pyrrole nitrogens is 1. The molecule has 0 atom stereocenters. The van der Waals surface area contributed by atoms with Gasteiger partial charge >= 0.3 is 5.97 Å². The fourth-order valence-electron chi connectivity index (χ4n) is 2.51. The first-order chi connectivity index (χ1) is 11.3. The number of hydrogen-bond donors (Lipinski definition) is 1. The smallest absolute Gasteiger partial charge is 0.354 e. The van der Waals surface area contributed by atoms with Crippen LogP contribution >= 0.6 is 0 Å². The monoisotopic (exact) mass is 309 g/mol. The molecule has 3 rings (SSSR count). The van der Waals surface area contributed by atoms with Gasteiger partial charge in [-0.1, -0.05) is 48.5 Å². The van der Waals surface area contributed by atoms with Crippen molar-refractivity contribution >= 4 is 16.9 Å². The summed E-state index contributed by atoms with van der Waals surface area (Å²) in [6, 6.07) is 17.8. The first kappa shape index (κ1) is 15.3. The molecule has 0 spiro atoms. The van der Waals surface area contributed by atoms with E-state index in [0.717, 1.165) is 22.0 Å². The molecule has 0 aliphatic heterocycles. The SMILES string of the molecule is CCOC(=O)c1cc2cccc(COCc3ccccc3)c2[nH]1. The Bertz CT molecular complexity index is 793. The molecule has 2 aromatic carbocycles. The van der Waals surface area contributed by atoms with Crippen LogP contribution in [0.25, 0.3) is 10.9 Å². The summed E-state index contributed by atoms with van der Waals surface area (Å²) in [5.74, 6) is -0.333. The highest BCUT2D eigenvalue weighted by molar-refractivity contribution is 5.95. The van der Waals surface area contributed by atoms with Crippen LogP contribution in [-0.2, 0) is 22.7 Å². The number of fused-ring (bicyclic) bond motifs is 1. The van der Waals surface area contributed by atoms with Crippen molar-refractivity contribution in [2.24, 2.45) is 0 Å². The number of esters is 1. The van der Waals surface area contributed by atoms with E-state index in [1.807, 2.05) is 54.6 Å². The van der Waals surface area contributed by atoms with Gasteiger partial charge in [-0.15, -0.1) is 0 Å². The van der Waals surface area contributed by atoms with Gasteiger partial charge in [0.1, 0.15) is 5.69 Å². The van der Waals surface area contributed by atoms with Gasteiger partial charge in [0, 0.05) is 10.9 Å². The highest BCUT2D eigenvalue weighted by atomic mass is 16.5. The molecule has 0 radical (unpaired) electrons. The van der Waals surface area contributed by atoms with Crippen molar-refractivity contribution in [1.82, 2.24) is 4.98 Å². The number of para-hydroxylation sites is 1. The summed E-state index contributed by atoms with van der Waals surface area (Å²) in [5.41, 5.74) is 3.55. The number of aromatic nitrogens is 1. The number of carbonyl (C=O) groups is 1. The standard InChI is InChI=1S/C19H19NO3/c1-2-23-19(21)17-11-15-9-6-10-16(18(15)20-17)13-22-12-14-7-4-3-5-8-14/h3-11,20H,2,12-13H2,1H3. The van der Waals surface area contributed by atoms with E-state index in [9.17, 15) is 4.79 Å². The maximum absolute atomic E-state index is 11.8. The van der Waals surface area contributed by atoms with Crippen molar-refractivity contribution in [3.8, 4) is 0 Å². The number of benzene rings is 2. The Kier molecular flexibility index (Phi) is 4.74. The van der Waals surface area contributed by atoms with Crippen molar-refractivity contribution in [3.05, 3.63) is 71.4 Å². The molecule has 0 fully saturated rings. The zero-order valence-electron chi connectivity index (χ0n) is 13.0. The van der Waals surface area contributed by atoms with E-state index in [-0.39, 0.29) is 5.97 Å². The van der Waals surface area contributed by atoms with E-state index in [0.29, 0.717) is 25.5 Å². The number of ether oxygens (including phenoxy) is 2. The summed E-state index contributed by atoms with van der Waals surface area (Å²) >= 11 is 0. The van der Waals surface area contributed by atoms with E-state index < -0.39 is 0 Å². The van der Waals surface area contributed by atoms with Crippen molar-refractivity contribution in [3.63, 3.8) is 0 Å². The number of aromatic amines is 1. The van der Waals surface area contributed by atoms with Crippen LogP contribution in [0.2, 0.25) is 0 Å². The van der Waals surface area contributed by atoms with Gasteiger partial charge in [-0.05, 0) is 18.6 Å². The van der Waals surface area contributed by atoms with Crippen LogP contribution in [0.5, 0.6) is 0 Å². The topological polar surface area (TPSA) is 51.3 Å². The van der Waals surface area contributed by atoms with Crippen molar-refractivity contribution in [2.75, 3.05) is 6.61 Å². The quantitative estimate of drug-likeness (QED) is 0.699. The molecule has 0 aliphatic carbocycles. The summed E-state index contributed by atoms with van der Waals surface area (Å²) in [4.78, 5) is 15.0. The average Bonchev–Trinajstić information content (AvgIpc) is 3.01. The number of carbonyl (C=O) groups excluding carboxylic acids is 1. The zero-order valence-corrected chi connectivity index (χ0v) is 13.0. The zero-order chi connectivity index (χ0) is 16.1. The van der Waals surface area contributed by atoms with Crippen molar-refractivity contribution in [2.45, 2.75) is 20.1 Å². The molecule has 118 valence electrons. The molecule has 0 bridgehead atoms. The van der Waals surface area contributed by atoms with Crippen LogP contribution in [0.3, 0.4) is 0 Å². The fraction of sp³-hybridized carbons (Fsp3) is 0.211. The molecule has 0 saturated carbocycles. The highest BCUT2D eigenvalue weighted by Gasteiger charge is 2.12. The van der Waals surface area contributed by atoms with Gasteiger partial charge in [-0.2, -0.15) is 0 Å². The molecule has 1 aromatic heterocycles. The molecule has 1 N–H and O–H groups in total. The summed E-state index contributed by atoms with van der Waals surface area (Å²) in [5, 5.41) is 0.980. The lowest BCUT2D eigenvalue weighted by atomic mass is 10.1.